The molecule has 12 nitrogen and oxygen atoms in total. The van der Waals surface area contributed by atoms with Crippen LogP contribution in [0.1, 0.15) is 30.4 Å². The largest absolute Gasteiger partial charge is 0.491 e. The summed E-state index contributed by atoms with van der Waals surface area (Å²) in [4.78, 5) is 55.8. The number of aryl methyl sites for hydroxylation is 1. The van der Waals surface area contributed by atoms with E-state index in [2.05, 4.69) is 25.9 Å². The predicted octanol–water partition coefficient (Wildman–Crippen LogP) is 3.19. The molecule has 0 fully saturated rings. The van der Waals surface area contributed by atoms with Crippen molar-refractivity contribution in [3.63, 3.8) is 0 Å². The van der Waals surface area contributed by atoms with E-state index in [9.17, 15) is 24.5 Å². The summed E-state index contributed by atoms with van der Waals surface area (Å²) < 4.78 is 5.42. The molecule has 2 aromatic carbocycles. The first-order valence-electron chi connectivity index (χ1n) is 10.7. The van der Waals surface area contributed by atoms with Gasteiger partial charge in [0.2, 0.25) is 17.8 Å². The molecule has 0 bridgehead atoms. The lowest BCUT2D eigenvalue weighted by Gasteiger charge is -2.24. The number of fused-ring (bicyclic) bond motifs is 1. The summed E-state index contributed by atoms with van der Waals surface area (Å²) in [5, 5.41) is 19.2. The second-order valence-corrected chi connectivity index (χ2v) is 7.83. The van der Waals surface area contributed by atoms with E-state index in [-0.39, 0.29) is 47.5 Å². The van der Waals surface area contributed by atoms with Gasteiger partial charge in [0.1, 0.15) is 11.6 Å². The van der Waals surface area contributed by atoms with Crippen LogP contribution in [0, 0.1) is 17.0 Å². The number of non-ortho nitro benzene ring substituents is 1. The Morgan fingerprint density at radius 2 is 1.97 bits per heavy atom. The van der Waals surface area contributed by atoms with E-state index in [0.29, 0.717) is 5.69 Å². The van der Waals surface area contributed by atoms with Crippen molar-refractivity contribution in [3.05, 3.63) is 74.1 Å². The fourth-order valence-corrected chi connectivity index (χ4v) is 3.65. The van der Waals surface area contributed by atoms with Gasteiger partial charge in [0, 0.05) is 18.2 Å². The number of nitro groups is 1. The Kier molecular flexibility index (Phi) is 6.44. The fourth-order valence-electron chi connectivity index (χ4n) is 3.65. The third-order valence-electron chi connectivity index (χ3n) is 5.32. The third kappa shape index (κ3) is 5.11. The molecule has 180 valence electrons. The number of ether oxygens (including phenoxy) is 1. The predicted molar refractivity (Wildman–Crippen MR) is 128 cm³/mol. The molecule has 4 rings (SSSR count). The van der Waals surface area contributed by atoms with Crippen molar-refractivity contribution < 1.29 is 19.2 Å². The number of amides is 2. The average Bonchev–Trinajstić information content (AvgIpc) is 2.81. The molecule has 2 heterocycles. The maximum absolute atomic E-state index is 13.1. The molecular formula is C23H22N6O6. The van der Waals surface area contributed by atoms with Crippen LogP contribution in [0.15, 0.2) is 47.3 Å². The molecule has 0 unspecified atom stereocenters. The second kappa shape index (κ2) is 9.63. The van der Waals surface area contributed by atoms with Gasteiger partial charge in [0.15, 0.2) is 0 Å². The van der Waals surface area contributed by atoms with Gasteiger partial charge in [-0.3, -0.25) is 29.5 Å². The maximum atomic E-state index is 13.1. The van der Waals surface area contributed by atoms with Crippen LogP contribution in [0.2, 0.25) is 0 Å². The van der Waals surface area contributed by atoms with Gasteiger partial charge in [-0.1, -0.05) is 17.7 Å². The van der Waals surface area contributed by atoms with E-state index in [1.54, 1.807) is 6.92 Å². The zero-order valence-electron chi connectivity index (χ0n) is 18.9. The standard InChI is InChI=1S/C23H22N6O6/c1-3-35-17-10-14(29(33)34)8-9-16(17)25-21(31)15-11-18(30)26-20-19(15)22(32)28-23(27-20)24-13-6-4-12(2)5-7-13/h4-10,15H,3,11H2,1-2H3,(H,25,31)(H3,24,26,27,28,30,32)/t15-/m0/s1. The lowest BCUT2D eigenvalue weighted by Crippen LogP contribution is -2.36. The highest BCUT2D eigenvalue weighted by atomic mass is 16.6. The molecule has 0 saturated carbocycles. The smallest absolute Gasteiger partial charge is 0.273 e. The summed E-state index contributed by atoms with van der Waals surface area (Å²) in [5.41, 5.74) is 1.14. The van der Waals surface area contributed by atoms with Crippen LogP contribution in [0.5, 0.6) is 5.75 Å². The van der Waals surface area contributed by atoms with E-state index in [0.717, 1.165) is 5.56 Å². The maximum Gasteiger partial charge on any atom is 0.273 e. The zero-order valence-corrected chi connectivity index (χ0v) is 18.9. The lowest BCUT2D eigenvalue weighted by molar-refractivity contribution is -0.384. The molecule has 12 heteroatoms. The first kappa shape index (κ1) is 23.4. The molecule has 0 radical (unpaired) electrons. The highest BCUT2D eigenvalue weighted by Gasteiger charge is 2.35. The van der Waals surface area contributed by atoms with Gasteiger partial charge in [-0.2, -0.15) is 4.98 Å². The normalized spacial score (nSPS) is 14.5. The van der Waals surface area contributed by atoms with Crippen LogP contribution in [-0.4, -0.2) is 33.3 Å². The van der Waals surface area contributed by atoms with Crippen molar-refractivity contribution in [2.75, 3.05) is 22.6 Å². The highest BCUT2D eigenvalue weighted by Crippen LogP contribution is 2.33. The number of hydrogen-bond acceptors (Lipinski definition) is 8. The first-order chi connectivity index (χ1) is 16.7. The molecule has 0 spiro atoms. The molecule has 35 heavy (non-hydrogen) atoms. The van der Waals surface area contributed by atoms with Gasteiger partial charge >= 0.3 is 0 Å². The van der Waals surface area contributed by atoms with Crippen LogP contribution in [-0.2, 0) is 9.59 Å². The minimum atomic E-state index is -1.13. The number of nitrogens with zero attached hydrogens (tertiary/aromatic N) is 2. The summed E-state index contributed by atoms with van der Waals surface area (Å²) in [5.74, 6) is -2.08. The van der Waals surface area contributed by atoms with E-state index >= 15 is 0 Å². The number of aromatic nitrogens is 2. The quantitative estimate of drug-likeness (QED) is 0.296. The van der Waals surface area contributed by atoms with Crippen molar-refractivity contribution in [1.29, 1.82) is 0 Å². The summed E-state index contributed by atoms with van der Waals surface area (Å²) in [6.45, 7) is 3.84. The number of hydrogen-bond donors (Lipinski definition) is 4. The van der Waals surface area contributed by atoms with Crippen molar-refractivity contribution in [2.24, 2.45) is 0 Å². The number of nitro benzene ring substituents is 1. The monoisotopic (exact) mass is 478 g/mol. The Bertz CT molecular complexity index is 1370. The van der Waals surface area contributed by atoms with E-state index in [4.69, 9.17) is 4.74 Å². The average molecular weight is 478 g/mol. The van der Waals surface area contributed by atoms with Gasteiger partial charge in [-0.15, -0.1) is 0 Å². The Balaban J connectivity index is 1.63. The van der Waals surface area contributed by atoms with Crippen molar-refractivity contribution in [1.82, 2.24) is 9.97 Å². The summed E-state index contributed by atoms with van der Waals surface area (Å²) in [6.07, 6.45) is -0.273. The molecule has 2 amide bonds. The molecule has 1 aromatic heterocycles. The van der Waals surface area contributed by atoms with Crippen LogP contribution < -0.4 is 26.2 Å². The number of aromatic amines is 1. The number of benzene rings is 2. The van der Waals surface area contributed by atoms with Crippen LogP contribution >= 0.6 is 0 Å². The van der Waals surface area contributed by atoms with Crippen LogP contribution in [0.4, 0.5) is 28.8 Å². The summed E-state index contributed by atoms with van der Waals surface area (Å²) >= 11 is 0. The molecule has 0 saturated heterocycles. The molecular weight excluding hydrogens is 456 g/mol. The molecule has 1 atom stereocenters. The number of carbonyl (C=O) groups excluding carboxylic acids is 2. The Morgan fingerprint density at radius 1 is 1.23 bits per heavy atom. The summed E-state index contributed by atoms with van der Waals surface area (Å²) in [6, 6.07) is 11.1. The molecule has 0 aliphatic carbocycles. The van der Waals surface area contributed by atoms with Crippen LogP contribution in [0.3, 0.4) is 0 Å². The van der Waals surface area contributed by atoms with Crippen LogP contribution in [0.25, 0.3) is 0 Å². The Hall–Kier alpha value is -4.74. The molecule has 4 N–H and O–H groups in total. The minimum absolute atomic E-state index is 0.0106. The number of anilines is 4. The second-order valence-electron chi connectivity index (χ2n) is 7.83. The van der Waals surface area contributed by atoms with Gasteiger partial charge in [-0.25, -0.2) is 0 Å². The lowest BCUT2D eigenvalue weighted by atomic mass is 9.92. The van der Waals surface area contributed by atoms with E-state index in [1.165, 1.54) is 18.2 Å². The van der Waals surface area contributed by atoms with Gasteiger partial charge in [0.25, 0.3) is 11.2 Å². The number of nitrogens with one attached hydrogen (secondary N) is 4. The number of carbonyl (C=O) groups is 2. The Morgan fingerprint density at radius 3 is 2.66 bits per heavy atom. The summed E-state index contributed by atoms with van der Waals surface area (Å²) in [7, 11) is 0. The Labute approximate surface area is 198 Å². The number of H-pyrrole nitrogens is 1. The van der Waals surface area contributed by atoms with Crippen molar-refractivity contribution in [3.8, 4) is 5.75 Å². The molecule has 3 aromatic rings. The zero-order chi connectivity index (χ0) is 25.1. The highest BCUT2D eigenvalue weighted by molar-refractivity contribution is 6.05. The third-order valence-corrected chi connectivity index (χ3v) is 5.32. The molecule has 1 aliphatic rings. The van der Waals surface area contributed by atoms with Crippen molar-refractivity contribution >= 4 is 40.6 Å². The topological polar surface area (TPSA) is 168 Å². The molecule has 1 aliphatic heterocycles. The van der Waals surface area contributed by atoms with Gasteiger partial charge in [-0.05, 0) is 32.0 Å². The first-order valence-corrected chi connectivity index (χ1v) is 10.7. The van der Waals surface area contributed by atoms with E-state index < -0.39 is 28.2 Å². The van der Waals surface area contributed by atoms with Crippen molar-refractivity contribution in [2.45, 2.75) is 26.2 Å². The van der Waals surface area contributed by atoms with E-state index in [1.807, 2.05) is 31.2 Å². The van der Waals surface area contributed by atoms with Gasteiger partial charge < -0.3 is 20.7 Å². The SMILES string of the molecule is CCOc1cc([N+](=O)[O-])ccc1NC(=O)[C@H]1CC(=O)Nc2nc(Nc3ccc(C)cc3)[nH]c(=O)c21. The number of rotatable bonds is 7. The van der Waals surface area contributed by atoms with Gasteiger partial charge in [0.05, 0.1) is 34.8 Å². The minimum Gasteiger partial charge on any atom is -0.491 e. The fraction of sp³-hybridized carbons (Fsp3) is 0.217.